The third kappa shape index (κ3) is 5.12. The van der Waals surface area contributed by atoms with Crippen LogP contribution < -0.4 is 0 Å². The van der Waals surface area contributed by atoms with Crippen molar-refractivity contribution in [2.24, 2.45) is 0 Å². The van der Waals surface area contributed by atoms with Crippen LogP contribution in [0.2, 0.25) is 0 Å². The monoisotopic (exact) mass is 392 g/mol. The second kappa shape index (κ2) is 10.0. The van der Waals surface area contributed by atoms with Gasteiger partial charge < -0.3 is 10.0 Å². The van der Waals surface area contributed by atoms with Gasteiger partial charge in [-0.05, 0) is 41.7 Å². The van der Waals surface area contributed by atoms with E-state index >= 15 is 0 Å². The van der Waals surface area contributed by atoms with Gasteiger partial charge >= 0.3 is 0 Å². The van der Waals surface area contributed by atoms with Crippen molar-refractivity contribution in [3.05, 3.63) is 82.9 Å². The Labute approximate surface area is 172 Å². The highest BCUT2D eigenvalue weighted by atomic mass is 16.3. The number of benzene rings is 2. The lowest BCUT2D eigenvalue weighted by Crippen LogP contribution is -2.35. The minimum atomic E-state index is -0.250. The Kier molecular flexibility index (Phi) is 7.19. The van der Waals surface area contributed by atoms with Gasteiger partial charge in [-0.1, -0.05) is 55.5 Å². The molecule has 2 aliphatic rings. The van der Waals surface area contributed by atoms with Gasteiger partial charge in [0.25, 0.3) is 12.4 Å². The molecule has 2 heterocycles. The van der Waals surface area contributed by atoms with E-state index in [4.69, 9.17) is 9.90 Å². The second-order valence-corrected chi connectivity index (χ2v) is 7.39. The fourth-order valence-corrected chi connectivity index (χ4v) is 4.03. The first-order valence-corrected chi connectivity index (χ1v) is 10.1. The molecule has 4 rings (SSSR count). The number of fused-ring (bicyclic) bond motifs is 1. The molecule has 152 valence electrons. The second-order valence-electron chi connectivity index (χ2n) is 7.39. The van der Waals surface area contributed by atoms with Crippen molar-refractivity contribution in [2.45, 2.75) is 38.9 Å². The van der Waals surface area contributed by atoms with Crippen molar-refractivity contribution in [2.75, 3.05) is 13.1 Å². The number of nitrogens with zero attached hydrogens (tertiary/aromatic N) is 2. The van der Waals surface area contributed by atoms with Gasteiger partial charge in [0.2, 0.25) is 0 Å². The largest absolute Gasteiger partial charge is 0.483 e. The first kappa shape index (κ1) is 20.8. The van der Waals surface area contributed by atoms with Gasteiger partial charge in [0.1, 0.15) is 0 Å². The molecular formula is C24H28N2O3. The molecular weight excluding hydrogens is 364 g/mol. The molecule has 0 spiro atoms. The molecule has 0 saturated heterocycles. The van der Waals surface area contributed by atoms with Gasteiger partial charge in [-0.2, -0.15) is 0 Å². The Hall–Kier alpha value is -2.92. The summed E-state index contributed by atoms with van der Waals surface area (Å²) in [4.78, 5) is 25.5. The number of carbonyl (C=O) groups is 2. The van der Waals surface area contributed by atoms with E-state index in [1.165, 1.54) is 16.7 Å². The molecule has 0 aliphatic carbocycles. The summed E-state index contributed by atoms with van der Waals surface area (Å²) in [5.74, 6) is 0.139. The van der Waals surface area contributed by atoms with E-state index in [0.29, 0.717) is 0 Å². The molecule has 1 amide bonds. The van der Waals surface area contributed by atoms with Crippen LogP contribution in [0, 0.1) is 0 Å². The maximum Gasteiger partial charge on any atom is 0.290 e. The number of carboxylic acid groups (broad SMARTS) is 1. The zero-order valence-electron chi connectivity index (χ0n) is 16.8. The highest BCUT2D eigenvalue weighted by molar-refractivity contribution is 5.95. The number of hydrogen-bond donors (Lipinski definition) is 1. The van der Waals surface area contributed by atoms with Gasteiger partial charge in [-0.3, -0.25) is 14.5 Å². The zero-order valence-corrected chi connectivity index (χ0v) is 16.8. The molecule has 0 fully saturated rings. The van der Waals surface area contributed by atoms with Crippen LogP contribution in [0.15, 0.2) is 60.7 Å². The molecule has 0 aromatic heterocycles. The predicted molar refractivity (Wildman–Crippen MR) is 114 cm³/mol. The minimum Gasteiger partial charge on any atom is -0.483 e. The van der Waals surface area contributed by atoms with Crippen LogP contribution in [0.3, 0.4) is 0 Å². The minimum absolute atomic E-state index is 0.139. The number of amides is 1. The van der Waals surface area contributed by atoms with Crippen molar-refractivity contribution in [3.63, 3.8) is 0 Å². The van der Waals surface area contributed by atoms with E-state index in [0.717, 1.165) is 44.6 Å². The summed E-state index contributed by atoms with van der Waals surface area (Å²) in [5.41, 5.74) is 4.99. The first-order chi connectivity index (χ1) is 14.2. The van der Waals surface area contributed by atoms with Crippen LogP contribution in [0.5, 0.6) is 0 Å². The summed E-state index contributed by atoms with van der Waals surface area (Å²) in [6.07, 6.45) is 6.32. The number of rotatable bonds is 4. The Bertz CT molecular complexity index is 861. The normalized spacial score (nSPS) is 18.0. The SMILES string of the molecule is CCC1C=CCN1C(=O)c1ccc(CN2CCc3ccccc3C2)cc1.O=CO. The average molecular weight is 392 g/mol. The standard InChI is InChI=1S/C23H26N2O.CH2O2/c1-2-22-8-5-14-25(22)23(26)20-11-9-18(10-12-20)16-24-15-13-19-6-3-4-7-21(19)17-24;2-1-3/h3-12,22H,2,13-17H2,1H3;1H,(H,2,3). The Morgan fingerprint density at radius 2 is 1.83 bits per heavy atom. The van der Waals surface area contributed by atoms with Gasteiger partial charge in [0.15, 0.2) is 0 Å². The molecule has 5 nitrogen and oxygen atoms in total. The molecule has 2 aliphatic heterocycles. The van der Waals surface area contributed by atoms with Crippen molar-refractivity contribution < 1.29 is 14.7 Å². The van der Waals surface area contributed by atoms with Crippen LogP contribution in [0.4, 0.5) is 0 Å². The summed E-state index contributed by atoms with van der Waals surface area (Å²) >= 11 is 0. The molecule has 2 aromatic rings. The molecule has 0 bridgehead atoms. The molecule has 29 heavy (non-hydrogen) atoms. The summed E-state index contributed by atoms with van der Waals surface area (Å²) in [7, 11) is 0. The van der Waals surface area contributed by atoms with Crippen molar-refractivity contribution in [1.29, 1.82) is 0 Å². The molecule has 2 aromatic carbocycles. The van der Waals surface area contributed by atoms with Crippen molar-refractivity contribution in [3.8, 4) is 0 Å². The number of carbonyl (C=O) groups excluding carboxylic acids is 1. The van der Waals surface area contributed by atoms with Crippen LogP contribution >= 0.6 is 0 Å². The molecule has 5 heteroatoms. The fourth-order valence-electron chi connectivity index (χ4n) is 4.03. The highest BCUT2D eigenvalue weighted by Gasteiger charge is 2.24. The van der Waals surface area contributed by atoms with E-state index in [-0.39, 0.29) is 18.4 Å². The maximum absolute atomic E-state index is 12.7. The topological polar surface area (TPSA) is 60.9 Å². The van der Waals surface area contributed by atoms with E-state index < -0.39 is 0 Å². The molecule has 0 saturated carbocycles. The van der Waals surface area contributed by atoms with Crippen LogP contribution in [0.1, 0.15) is 40.4 Å². The van der Waals surface area contributed by atoms with Gasteiger partial charge in [-0.15, -0.1) is 0 Å². The summed E-state index contributed by atoms with van der Waals surface area (Å²) in [6.45, 7) is 5.64. The summed E-state index contributed by atoms with van der Waals surface area (Å²) in [5, 5.41) is 6.89. The number of hydrogen-bond acceptors (Lipinski definition) is 3. The van der Waals surface area contributed by atoms with Crippen molar-refractivity contribution >= 4 is 12.4 Å². The molecule has 1 atom stereocenters. The third-order valence-corrected chi connectivity index (χ3v) is 5.56. The Morgan fingerprint density at radius 3 is 2.52 bits per heavy atom. The third-order valence-electron chi connectivity index (χ3n) is 5.56. The van der Waals surface area contributed by atoms with E-state index in [1.807, 2.05) is 17.0 Å². The average Bonchev–Trinajstić information content (AvgIpc) is 3.23. The Balaban J connectivity index is 0.000000755. The predicted octanol–water partition coefficient (Wildman–Crippen LogP) is 3.74. The van der Waals surface area contributed by atoms with Crippen LogP contribution in [-0.2, 0) is 24.3 Å². The van der Waals surface area contributed by atoms with Gasteiger partial charge in [-0.25, -0.2) is 0 Å². The summed E-state index contributed by atoms with van der Waals surface area (Å²) < 4.78 is 0. The molecule has 1 unspecified atom stereocenters. The quantitative estimate of drug-likeness (QED) is 0.636. The lowest BCUT2D eigenvalue weighted by atomic mass is 9.99. The lowest BCUT2D eigenvalue weighted by Gasteiger charge is -2.28. The van der Waals surface area contributed by atoms with Crippen LogP contribution in [0.25, 0.3) is 0 Å². The summed E-state index contributed by atoms with van der Waals surface area (Å²) in [6, 6.07) is 17.2. The smallest absolute Gasteiger partial charge is 0.290 e. The highest BCUT2D eigenvalue weighted by Crippen LogP contribution is 2.21. The maximum atomic E-state index is 12.7. The lowest BCUT2D eigenvalue weighted by molar-refractivity contribution is -0.122. The van der Waals surface area contributed by atoms with E-state index in [1.54, 1.807) is 0 Å². The molecule has 1 N–H and O–H groups in total. The Morgan fingerprint density at radius 1 is 1.14 bits per heavy atom. The van der Waals surface area contributed by atoms with Crippen LogP contribution in [-0.4, -0.2) is 46.4 Å². The van der Waals surface area contributed by atoms with E-state index in [2.05, 4.69) is 60.4 Å². The van der Waals surface area contributed by atoms with Crippen molar-refractivity contribution in [1.82, 2.24) is 9.80 Å². The van der Waals surface area contributed by atoms with E-state index in [9.17, 15) is 4.79 Å². The van der Waals surface area contributed by atoms with Gasteiger partial charge in [0.05, 0.1) is 6.04 Å². The zero-order chi connectivity index (χ0) is 20.6. The first-order valence-electron chi connectivity index (χ1n) is 10.1. The van der Waals surface area contributed by atoms with Gasteiger partial charge in [0, 0.05) is 31.7 Å². The molecule has 0 radical (unpaired) electrons. The fraction of sp³-hybridized carbons (Fsp3) is 0.333.